The monoisotopic (exact) mass is 324 g/mol. The van der Waals surface area contributed by atoms with E-state index >= 15 is 0 Å². The van der Waals surface area contributed by atoms with Crippen molar-refractivity contribution in [2.75, 3.05) is 7.11 Å². The van der Waals surface area contributed by atoms with Crippen LogP contribution in [0, 0.1) is 5.21 Å². The van der Waals surface area contributed by atoms with Crippen LogP contribution < -0.4 is 10.0 Å². The van der Waals surface area contributed by atoms with Crippen LogP contribution in [-0.4, -0.2) is 30.8 Å². The lowest BCUT2D eigenvalue weighted by molar-refractivity contribution is -0.614. The van der Waals surface area contributed by atoms with Gasteiger partial charge in [0, 0.05) is 18.6 Å². The SMILES string of the molecule is COC(=O)C(CCCc1cccc[n+]1[O-])NC(=O)OC(C)(C)C. The molecule has 1 amide bonds. The molecule has 1 unspecified atom stereocenters. The van der Waals surface area contributed by atoms with E-state index in [0.717, 1.165) is 4.73 Å². The molecule has 7 heteroatoms. The topological polar surface area (TPSA) is 91.6 Å². The number of nitrogens with zero attached hydrogens (tertiary/aromatic N) is 1. The van der Waals surface area contributed by atoms with E-state index in [1.165, 1.54) is 13.3 Å². The predicted octanol–water partition coefficient (Wildman–Crippen LogP) is 1.71. The van der Waals surface area contributed by atoms with Crippen molar-refractivity contribution in [1.82, 2.24) is 5.32 Å². The van der Waals surface area contributed by atoms with Crippen LogP contribution in [0.3, 0.4) is 0 Å². The predicted molar refractivity (Wildman–Crippen MR) is 83.5 cm³/mol. The summed E-state index contributed by atoms with van der Waals surface area (Å²) in [4.78, 5) is 23.5. The van der Waals surface area contributed by atoms with E-state index in [9.17, 15) is 14.8 Å². The van der Waals surface area contributed by atoms with Crippen LogP contribution in [0.1, 0.15) is 39.3 Å². The standard InChI is InChI=1S/C16H24N2O5/c1-16(2,3)23-15(20)17-13(14(19)22-4)10-7-9-12-8-5-6-11-18(12)21/h5-6,8,11,13H,7,9-10H2,1-4H3,(H,17,20). The fraction of sp³-hybridized carbons (Fsp3) is 0.562. The molecule has 0 aromatic carbocycles. The summed E-state index contributed by atoms with van der Waals surface area (Å²) in [6.07, 6.45) is 2.13. The lowest BCUT2D eigenvalue weighted by atomic mass is 10.1. The molecule has 0 bridgehead atoms. The first-order chi connectivity index (χ1) is 10.7. The average Bonchev–Trinajstić information content (AvgIpc) is 2.45. The second kappa shape index (κ2) is 8.36. The number of alkyl carbamates (subject to hydrolysis) is 1. The molecule has 1 aromatic rings. The first kappa shape index (κ1) is 18.7. The zero-order valence-corrected chi connectivity index (χ0v) is 14.0. The summed E-state index contributed by atoms with van der Waals surface area (Å²) in [5, 5.41) is 14.1. The van der Waals surface area contributed by atoms with E-state index in [-0.39, 0.29) is 0 Å². The molecule has 1 heterocycles. The Morgan fingerprint density at radius 3 is 2.61 bits per heavy atom. The summed E-state index contributed by atoms with van der Waals surface area (Å²) in [6, 6.07) is 4.35. The van der Waals surface area contributed by atoms with Crippen molar-refractivity contribution in [3.63, 3.8) is 0 Å². The molecule has 0 spiro atoms. The van der Waals surface area contributed by atoms with Gasteiger partial charge in [0.15, 0.2) is 11.9 Å². The van der Waals surface area contributed by atoms with Crippen LogP contribution in [0.5, 0.6) is 0 Å². The molecule has 0 saturated heterocycles. The molecular formula is C16H24N2O5. The lowest BCUT2D eigenvalue weighted by Crippen LogP contribution is -2.44. The highest BCUT2D eigenvalue weighted by atomic mass is 16.6. The minimum atomic E-state index is -0.807. The molecule has 0 saturated carbocycles. The van der Waals surface area contributed by atoms with E-state index in [2.05, 4.69) is 5.32 Å². The molecule has 0 fully saturated rings. The van der Waals surface area contributed by atoms with E-state index in [1.807, 2.05) is 0 Å². The van der Waals surface area contributed by atoms with Gasteiger partial charge in [0.2, 0.25) is 0 Å². The fourth-order valence-electron chi connectivity index (χ4n) is 1.99. The molecule has 0 aliphatic carbocycles. The largest absolute Gasteiger partial charge is 0.619 e. The van der Waals surface area contributed by atoms with Crippen LogP contribution in [0.4, 0.5) is 4.79 Å². The number of esters is 1. The number of amides is 1. The van der Waals surface area contributed by atoms with Crippen molar-refractivity contribution in [1.29, 1.82) is 0 Å². The number of aryl methyl sites for hydroxylation is 1. The number of carbonyl (C=O) groups is 2. The van der Waals surface area contributed by atoms with Crippen LogP contribution in [0.25, 0.3) is 0 Å². The first-order valence-electron chi connectivity index (χ1n) is 7.47. The molecule has 7 nitrogen and oxygen atoms in total. The van der Waals surface area contributed by atoms with E-state index in [0.29, 0.717) is 25.0 Å². The summed E-state index contributed by atoms with van der Waals surface area (Å²) < 4.78 is 10.6. The third kappa shape index (κ3) is 6.99. The van der Waals surface area contributed by atoms with Crippen LogP contribution >= 0.6 is 0 Å². The van der Waals surface area contributed by atoms with Crippen molar-refractivity contribution in [3.05, 3.63) is 35.3 Å². The molecule has 1 N–H and O–H groups in total. The summed E-state index contributed by atoms with van der Waals surface area (Å²) in [5.74, 6) is -0.543. The van der Waals surface area contributed by atoms with Gasteiger partial charge in [-0.15, -0.1) is 0 Å². The van der Waals surface area contributed by atoms with Crippen LogP contribution in [0.15, 0.2) is 24.4 Å². The molecule has 1 aromatic heterocycles. The maximum absolute atomic E-state index is 11.8. The third-order valence-corrected chi connectivity index (χ3v) is 3.01. The molecule has 1 atom stereocenters. The Morgan fingerprint density at radius 1 is 1.35 bits per heavy atom. The average molecular weight is 324 g/mol. The van der Waals surface area contributed by atoms with Crippen molar-refractivity contribution in [2.45, 2.75) is 51.7 Å². The lowest BCUT2D eigenvalue weighted by Gasteiger charge is -2.22. The normalized spacial score (nSPS) is 12.3. The van der Waals surface area contributed by atoms with Gasteiger partial charge in [-0.05, 0) is 33.6 Å². The molecule has 23 heavy (non-hydrogen) atoms. The number of nitrogens with one attached hydrogen (secondary N) is 1. The third-order valence-electron chi connectivity index (χ3n) is 3.01. The Morgan fingerprint density at radius 2 is 2.04 bits per heavy atom. The summed E-state index contributed by atoms with van der Waals surface area (Å²) in [5.41, 5.74) is -0.0449. The second-order valence-electron chi connectivity index (χ2n) is 6.13. The maximum atomic E-state index is 11.8. The Hall–Kier alpha value is -2.31. The zero-order valence-electron chi connectivity index (χ0n) is 14.0. The number of hydrogen-bond acceptors (Lipinski definition) is 5. The van der Waals surface area contributed by atoms with Gasteiger partial charge >= 0.3 is 12.1 Å². The molecule has 0 aliphatic heterocycles. The minimum absolute atomic E-state index is 0.348. The summed E-state index contributed by atoms with van der Waals surface area (Å²) in [7, 11) is 1.26. The van der Waals surface area contributed by atoms with Gasteiger partial charge in [0.05, 0.1) is 7.11 Å². The molecule has 1 rings (SSSR count). The van der Waals surface area contributed by atoms with E-state index < -0.39 is 23.7 Å². The Bertz CT molecular complexity index is 540. The van der Waals surface area contributed by atoms with E-state index in [4.69, 9.17) is 9.47 Å². The van der Waals surface area contributed by atoms with Crippen molar-refractivity contribution in [2.24, 2.45) is 0 Å². The van der Waals surface area contributed by atoms with Crippen LogP contribution in [-0.2, 0) is 20.7 Å². The van der Waals surface area contributed by atoms with Gasteiger partial charge < -0.3 is 20.0 Å². The maximum Gasteiger partial charge on any atom is 0.408 e. The highest BCUT2D eigenvalue weighted by Crippen LogP contribution is 2.09. The Labute approximate surface area is 136 Å². The molecule has 128 valence electrons. The molecule has 0 aliphatic rings. The smallest absolute Gasteiger partial charge is 0.408 e. The zero-order chi connectivity index (χ0) is 17.5. The van der Waals surface area contributed by atoms with Crippen molar-refractivity contribution >= 4 is 12.1 Å². The highest BCUT2D eigenvalue weighted by Gasteiger charge is 2.24. The number of pyridine rings is 1. The molecular weight excluding hydrogens is 300 g/mol. The van der Waals surface area contributed by atoms with Gasteiger partial charge in [-0.2, -0.15) is 4.73 Å². The fourth-order valence-corrected chi connectivity index (χ4v) is 1.99. The number of hydrogen-bond donors (Lipinski definition) is 1. The van der Waals surface area contributed by atoms with Crippen molar-refractivity contribution in [3.8, 4) is 0 Å². The number of methoxy groups -OCH3 is 1. The quantitative estimate of drug-likeness (QED) is 0.488. The second-order valence-corrected chi connectivity index (χ2v) is 6.13. The number of ether oxygens (including phenoxy) is 2. The molecule has 0 radical (unpaired) electrons. The van der Waals surface area contributed by atoms with Gasteiger partial charge in [-0.25, -0.2) is 9.59 Å². The number of rotatable bonds is 6. The number of aromatic nitrogens is 1. The van der Waals surface area contributed by atoms with Crippen LogP contribution in [0.2, 0.25) is 0 Å². The van der Waals surface area contributed by atoms with Gasteiger partial charge in [-0.1, -0.05) is 6.07 Å². The summed E-state index contributed by atoms with van der Waals surface area (Å²) >= 11 is 0. The van der Waals surface area contributed by atoms with Gasteiger partial charge in [0.1, 0.15) is 11.6 Å². The Kier molecular flexibility index (Phi) is 6.81. The first-order valence-corrected chi connectivity index (χ1v) is 7.47. The van der Waals surface area contributed by atoms with Crippen molar-refractivity contribution < 1.29 is 23.8 Å². The van der Waals surface area contributed by atoms with E-state index in [1.54, 1.807) is 39.0 Å². The van der Waals surface area contributed by atoms with Gasteiger partial charge in [-0.3, -0.25) is 0 Å². The summed E-state index contributed by atoms with van der Waals surface area (Å²) in [6.45, 7) is 5.21. The minimum Gasteiger partial charge on any atom is -0.619 e. The highest BCUT2D eigenvalue weighted by molar-refractivity contribution is 5.81. The number of carbonyl (C=O) groups excluding carboxylic acids is 2. The van der Waals surface area contributed by atoms with Gasteiger partial charge in [0.25, 0.3) is 0 Å². The Balaban J connectivity index is 2.57.